The molecule has 0 fully saturated rings. The second kappa shape index (κ2) is 9.60. The molecule has 0 aliphatic carbocycles. The van der Waals surface area contributed by atoms with Crippen LogP contribution in [0.4, 0.5) is 0 Å². The highest BCUT2D eigenvalue weighted by molar-refractivity contribution is 7.99. The molecule has 3 aromatic heterocycles. The van der Waals surface area contributed by atoms with E-state index in [1.54, 1.807) is 27.7 Å². The minimum atomic E-state index is 0.00483. The number of hydrogen-bond donors (Lipinski definition) is 0. The normalized spacial score (nSPS) is 14.1. The average Bonchev–Trinajstić information content (AvgIpc) is 3.47. The molecule has 0 saturated heterocycles. The molecule has 0 atom stereocenters. The lowest BCUT2D eigenvalue weighted by Crippen LogP contribution is -2.30. The van der Waals surface area contributed by atoms with E-state index < -0.39 is 0 Å². The summed E-state index contributed by atoms with van der Waals surface area (Å²) in [6, 6.07) is 20.4. The summed E-state index contributed by atoms with van der Waals surface area (Å²) in [5.41, 5.74) is 3.34. The van der Waals surface area contributed by atoms with Gasteiger partial charge in [0.1, 0.15) is 4.83 Å². The highest BCUT2D eigenvalue weighted by Crippen LogP contribution is 2.36. The van der Waals surface area contributed by atoms with Crippen LogP contribution in [0.15, 0.2) is 70.6 Å². The third kappa shape index (κ3) is 4.09. The van der Waals surface area contributed by atoms with Gasteiger partial charge in [0.15, 0.2) is 5.16 Å². The SMILES string of the molecule is CCCCSc1nnc2n(-c3ccccc3)c(=O)c3c4c(sc3n12)CN(Cc1ccccc1)CC4. The quantitative estimate of drug-likeness (QED) is 0.216. The summed E-state index contributed by atoms with van der Waals surface area (Å²) >= 11 is 3.46. The Hall–Kier alpha value is -2.94. The number of thioether (sulfide) groups is 1. The van der Waals surface area contributed by atoms with E-state index in [1.807, 2.05) is 30.3 Å². The zero-order valence-electron chi connectivity index (χ0n) is 19.7. The molecule has 1 aliphatic heterocycles. The van der Waals surface area contributed by atoms with Gasteiger partial charge in [-0.1, -0.05) is 73.6 Å². The molecule has 0 amide bonds. The van der Waals surface area contributed by atoms with Crippen molar-refractivity contribution in [3.8, 4) is 5.69 Å². The molecule has 0 spiro atoms. The standard InChI is InChI=1S/C27H27N5OS2/c1-2-3-16-34-27-29-28-26-31(20-12-8-5-9-13-20)24(33)23-21-14-15-30(17-19-10-6-4-7-11-19)18-22(21)35-25(23)32(26)27/h4-13H,2-3,14-18H2,1H3. The zero-order valence-corrected chi connectivity index (χ0v) is 21.3. The second-order valence-corrected chi connectivity index (χ2v) is 11.1. The fourth-order valence-electron chi connectivity index (χ4n) is 4.80. The molecule has 0 unspecified atom stereocenters. The van der Waals surface area contributed by atoms with Crippen molar-refractivity contribution in [3.05, 3.63) is 87.0 Å². The number of nitrogens with zero attached hydrogens (tertiary/aromatic N) is 5. The number of rotatable bonds is 7. The van der Waals surface area contributed by atoms with Gasteiger partial charge in [0.05, 0.1) is 11.1 Å². The molecule has 0 bridgehead atoms. The molecule has 0 N–H and O–H groups in total. The Bertz CT molecular complexity index is 1540. The zero-order chi connectivity index (χ0) is 23.8. The van der Waals surface area contributed by atoms with Crippen LogP contribution in [-0.4, -0.2) is 36.4 Å². The minimum Gasteiger partial charge on any atom is -0.294 e. The maximum atomic E-state index is 14.0. The van der Waals surface area contributed by atoms with Gasteiger partial charge in [-0.15, -0.1) is 21.5 Å². The predicted octanol–water partition coefficient (Wildman–Crippen LogP) is 5.55. The summed E-state index contributed by atoms with van der Waals surface area (Å²) in [5, 5.41) is 10.7. The molecule has 0 saturated carbocycles. The van der Waals surface area contributed by atoms with Gasteiger partial charge in [-0.2, -0.15) is 0 Å². The third-order valence-electron chi connectivity index (χ3n) is 6.55. The summed E-state index contributed by atoms with van der Waals surface area (Å²) in [5.74, 6) is 1.58. The van der Waals surface area contributed by atoms with E-state index in [-0.39, 0.29) is 5.56 Å². The van der Waals surface area contributed by atoms with Crippen molar-refractivity contribution in [3.63, 3.8) is 0 Å². The van der Waals surface area contributed by atoms with Gasteiger partial charge in [0.2, 0.25) is 5.78 Å². The molecular formula is C27H27N5OS2. The smallest absolute Gasteiger partial charge is 0.268 e. The van der Waals surface area contributed by atoms with Crippen LogP contribution >= 0.6 is 23.1 Å². The molecule has 5 aromatic rings. The number of para-hydroxylation sites is 1. The van der Waals surface area contributed by atoms with Gasteiger partial charge >= 0.3 is 0 Å². The fraction of sp³-hybridized carbons (Fsp3) is 0.296. The van der Waals surface area contributed by atoms with Crippen molar-refractivity contribution in [1.29, 1.82) is 0 Å². The average molecular weight is 502 g/mol. The van der Waals surface area contributed by atoms with E-state index in [1.165, 1.54) is 16.0 Å². The van der Waals surface area contributed by atoms with Gasteiger partial charge in [0.25, 0.3) is 5.56 Å². The van der Waals surface area contributed by atoms with Crippen LogP contribution in [0.2, 0.25) is 0 Å². The Labute approximate surface area is 212 Å². The summed E-state index contributed by atoms with van der Waals surface area (Å²) in [6.45, 7) is 4.91. The van der Waals surface area contributed by atoms with Crippen molar-refractivity contribution in [2.24, 2.45) is 0 Å². The van der Waals surface area contributed by atoms with Gasteiger partial charge in [-0.25, -0.2) is 8.97 Å². The van der Waals surface area contributed by atoms with E-state index in [2.05, 4.69) is 56.8 Å². The molecule has 2 aromatic carbocycles. The topological polar surface area (TPSA) is 55.4 Å². The van der Waals surface area contributed by atoms with Crippen LogP contribution in [0.5, 0.6) is 0 Å². The van der Waals surface area contributed by atoms with Crippen LogP contribution in [0.25, 0.3) is 21.7 Å². The summed E-state index contributed by atoms with van der Waals surface area (Å²) in [6.07, 6.45) is 3.13. The molecule has 35 heavy (non-hydrogen) atoms. The van der Waals surface area contributed by atoms with E-state index in [0.717, 1.165) is 65.7 Å². The van der Waals surface area contributed by atoms with Gasteiger partial charge in [0, 0.05) is 30.3 Å². The molecule has 0 radical (unpaired) electrons. The summed E-state index contributed by atoms with van der Waals surface area (Å²) in [4.78, 5) is 18.7. The first-order valence-electron chi connectivity index (χ1n) is 12.1. The van der Waals surface area contributed by atoms with Gasteiger partial charge < -0.3 is 0 Å². The molecule has 6 rings (SSSR count). The Kier molecular flexibility index (Phi) is 6.18. The first-order chi connectivity index (χ1) is 17.2. The van der Waals surface area contributed by atoms with E-state index in [0.29, 0.717) is 5.78 Å². The Morgan fingerprint density at radius 1 is 1.03 bits per heavy atom. The fourth-order valence-corrected chi connectivity index (χ4v) is 7.25. The Balaban J connectivity index is 1.51. The number of fused-ring (bicyclic) bond motifs is 5. The Morgan fingerprint density at radius 3 is 2.57 bits per heavy atom. The number of benzene rings is 2. The van der Waals surface area contributed by atoms with Crippen LogP contribution in [0, 0.1) is 0 Å². The van der Waals surface area contributed by atoms with Crippen molar-refractivity contribution in [2.75, 3.05) is 12.3 Å². The first kappa shape index (κ1) is 22.5. The molecule has 4 heterocycles. The van der Waals surface area contributed by atoms with Crippen molar-refractivity contribution >= 4 is 39.1 Å². The monoisotopic (exact) mass is 501 g/mol. The summed E-state index contributed by atoms with van der Waals surface area (Å²) < 4.78 is 3.86. The molecule has 1 aliphatic rings. The van der Waals surface area contributed by atoms with Gasteiger partial charge in [-0.05, 0) is 36.1 Å². The van der Waals surface area contributed by atoms with Gasteiger partial charge in [-0.3, -0.25) is 9.69 Å². The molecule has 178 valence electrons. The molecule has 6 nitrogen and oxygen atoms in total. The van der Waals surface area contributed by atoms with Crippen molar-refractivity contribution in [1.82, 2.24) is 24.1 Å². The predicted molar refractivity (Wildman–Crippen MR) is 144 cm³/mol. The lowest BCUT2D eigenvalue weighted by Gasteiger charge is -2.26. The number of unbranched alkanes of at least 4 members (excludes halogenated alkanes) is 1. The first-order valence-corrected chi connectivity index (χ1v) is 13.9. The number of hydrogen-bond acceptors (Lipinski definition) is 6. The van der Waals surface area contributed by atoms with E-state index in [9.17, 15) is 4.79 Å². The lowest BCUT2D eigenvalue weighted by atomic mass is 10.0. The maximum Gasteiger partial charge on any atom is 0.268 e. The molecular weight excluding hydrogens is 474 g/mol. The number of aromatic nitrogens is 4. The lowest BCUT2D eigenvalue weighted by molar-refractivity contribution is 0.249. The Morgan fingerprint density at radius 2 is 1.80 bits per heavy atom. The minimum absolute atomic E-state index is 0.00483. The highest BCUT2D eigenvalue weighted by atomic mass is 32.2. The second-order valence-electron chi connectivity index (χ2n) is 8.93. The van der Waals surface area contributed by atoms with Crippen LogP contribution in [0.3, 0.4) is 0 Å². The number of thiophene rings is 1. The van der Waals surface area contributed by atoms with Crippen LogP contribution in [0.1, 0.15) is 35.8 Å². The van der Waals surface area contributed by atoms with Crippen LogP contribution < -0.4 is 5.56 Å². The maximum absolute atomic E-state index is 14.0. The van der Waals surface area contributed by atoms with Crippen molar-refractivity contribution in [2.45, 2.75) is 44.4 Å². The summed E-state index contributed by atoms with van der Waals surface area (Å²) in [7, 11) is 0. The highest BCUT2D eigenvalue weighted by Gasteiger charge is 2.27. The third-order valence-corrected chi connectivity index (χ3v) is 8.76. The van der Waals surface area contributed by atoms with Crippen LogP contribution in [-0.2, 0) is 19.5 Å². The van der Waals surface area contributed by atoms with Crippen molar-refractivity contribution < 1.29 is 0 Å². The largest absolute Gasteiger partial charge is 0.294 e. The molecule has 8 heteroatoms. The van der Waals surface area contributed by atoms with E-state index in [4.69, 9.17) is 0 Å². The van der Waals surface area contributed by atoms with E-state index >= 15 is 0 Å².